The van der Waals surface area contributed by atoms with Crippen LogP contribution in [0, 0.1) is 0 Å². The maximum atomic E-state index is 12.3. The van der Waals surface area contributed by atoms with Crippen LogP contribution in [0.4, 0.5) is 0 Å². The summed E-state index contributed by atoms with van der Waals surface area (Å²) in [5.41, 5.74) is 3.77. The van der Waals surface area contributed by atoms with Gasteiger partial charge in [-0.25, -0.2) is 0 Å². The van der Waals surface area contributed by atoms with Crippen molar-refractivity contribution >= 4 is 5.91 Å². The molecule has 2 heterocycles. The Balaban J connectivity index is 1.59. The van der Waals surface area contributed by atoms with Gasteiger partial charge >= 0.3 is 0 Å². The Morgan fingerprint density at radius 2 is 1.96 bits per heavy atom. The number of carbonyl (C=O) groups is 1. The van der Waals surface area contributed by atoms with Gasteiger partial charge in [-0.2, -0.15) is 5.10 Å². The van der Waals surface area contributed by atoms with E-state index in [1.54, 1.807) is 25.3 Å². The van der Waals surface area contributed by atoms with Crippen LogP contribution in [-0.2, 0) is 17.9 Å². The molecule has 0 saturated heterocycles. The molecule has 27 heavy (non-hydrogen) atoms. The van der Waals surface area contributed by atoms with Gasteiger partial charge in [0.15, 0.2) is 0 Å². The molecule has 2 N–H and O–H groups in total. The van der Waals surface area contributed by atoms with Crippen molar-refractivity contribution in [3.8, 4) is 17.1 Å². The van der Waals surface area contributed by atoms with Crippen LogP contribution in [0.5, 0.6) is 5.88 Å². The quantitative estimate of drug-likeness (QED) is 0.634. The summed E-state index contributed by atoms with van der Waals surface area (Å²) in [6, 6.07) is 12.7. The molecule has 3 aromatic rings. The summed E-state index contributed by atoms with van der Waals surface area (Å²) >= 11 is 0. The number of H-pyrrole nitrogens is 1. The van der Waals surface area contributed by atoms with Gasteiger partial charge in [0.25, 0.3) is 5.91 Å². The van der Waals surface area contributed by atoms with Crippen molar-refractivity contribution in [1.82, 2.24) is 25.7 Å². The molecule has 2 aromatic heterocycles. The zero-order valence-corrected chi connectivity index (χ0v) is 15.2. The van der Waals surface area contributed by atoms with E-state index in [0.717, 1.165) is 17.0 Å². The number of amides is 1. The Hall–Kier alpha value is -3.26. The van der Waals surface area contributed by atoms with Gasteiger partial charge in [-0.15, -0.1) is 10.2 Å². The Kier molecular flexibility index (Phi) is 6.11. The number of methoxy groups -OCH3 is 1. The van der Waals surface area contributed by atoms with Crippen molar-refractivity contribution in [3.05, 3.63) is 59.4 Å². The number of nitrogens with zero attached hydrogens (tertiary/aromatic N) is 3. The van der Waals surface area contributed by atoms with Crippen LogP contribution in [0.2, 0.25) is 0 Å². The fourth-order valence-corrected chi connectivity index (χ4v) is 2.49. The second kappa shape index (κ2) is 8.91. The molecular weight excluding hydrogens is 346 g/mol. The minimum absolute atomic E-state index is 0.165. The van der Waals surface area contributed by atoms with Crippen LogP contribution in [-0.4, -0.2) is 40.0 Å². The molecule has 1 aromatic carbocycles. The van der Waals surface area contributed by atoms with Crippen LogP contribution >= 0.6 is 0 Å². The van der Waals surface area contributed by atoms with Gasteiger partial charge in [-0.1, -0.05) is 12.1 Å². The van der Waals surface area contributed by atoms with Crippen LogP contribution in [0.25, 0.3) is 11.3 Å². The molecule has 1 amide bonds. The number of benzene rings is 1. The molecule has 0 fully saturated rings. The topological polar surface area (TPSA) is 102 Å². The van der Waals surface area contributed by atoms with Crippen molar-refractivity contribution in [2.75, 3.05) is 13.7 Å². The maximum absolute atomic E-state index is 12.3. The fourth-order valence-electron chi connectivity index (χ4n) is 2.49. The van der Waals surface area contributed by atoms with Crippen LogP contribution < -0.4 is 10.1 Å². The number of hydrogen-bond donors (Lipinski definition) is 2. The molecule has 0 aliphatic rings. The monoisotopic (exact) mass is 367 g/mol. The summed E-state index contributed by atoms with van der Waals surface area (Å²) in [5.74, 6) is 0.326. The first-order chi connectivity index (χ1) is 13.2. The number of aromatic nitrogens is 4. The van der Waals surface area contributed by atoms with Gasteiger partial charge in [0.1, 0.15) is 0 Å². The smallest absolute Gasteiger partial charge is 0.251 e. The number of rotatable bonds is 8. The van der Waals surface area contributed by atoms with Crippen LogP contribution in [0.1, 0.15) is 28.7 Å². The van der Waals surface area contributed by atoms with E-state index in [9.17, 15) is 4.79 Å². The van der Waals surface area contributed by atoms with Crippen LogP contribution in [0.3, 0.4) is 0 Å². The highest BCUT2D eigenvalue weighted by Gasteiger charge is 2.08. The van der Waals surface area contributed by atoms with Crippen molar-refractivity contribution in [1.29, 1.82) is 0 Å². The molecule has 0 saturated carbocycles. The minimum Gasteiger partial charge on any atom is -0.477 e. The van der Waals surface area contributed by atoms with Gasteiger partial charge in [0.05, 0.1) is 36.8 Å². The Bertz CT molecular complexity index is 875. The van der Waals surface area contributed by atoms with E-state index < -0.39 is 0 Å². The summed E-state index contributed by atoms with van der Waals surface area (Å²) in [6.07, 6.45) is 0. The summed E-state index contributed by atoms with van der Waals surface area (Å²) in [6.45, 7) is 3.23. The summed E-state index contributed by atoms with van der Waals surface area (Å²) in [4.78, 5) is 12.3. The normalized spacial score (nSPS) is 10.6. The summed E-state index contributed by atoms with van der Waals surface area (Å²) in [5, 5.41) is 18.0. The Morgan fingerprint density at radius 3 is 2.63 bits per heavy atom. The lowest BCUT2D eigenvalue weighted by atomic mass is 10.1. The lowest BCUT2D eigenvalue weighted by Gasteiger charge is -2.06. The van der Waals surface area contributed by atoms with Crippen molar-refractivity contribution in [2.45, 2.75) is 20.1 Å². The van der Waals surface area contributed by atoms with Crippen molar-refractivity contribution in [2.24, 2.45) is 0 Å². The molecule has 3 rings (SSSR count). The van der Waals surface area contributed by atoms with E-state index in [1.807, 2.05) is 31.2 Å². The van der Waals surface area contributed by atoms with E-state index in [4.69, 9.17) is 9.47 Å². The first-order valence-corrected chi connectivity index (χ1v) is 8.57. The molecule has 140 valence electrons. The van der Waals surface area contributed by atoms with Crippen LogP contribution in [0.15, 0.2) is 42.5 Å². The average Bonchev–Trinajstić information content (AvgIpc) is 3.15. The number of nitrogens with one attached hydrogen (secondary N) is 2. The second-order valence-electron chi connectivity index (χ2n) is 5.77. The number of hydrogen-bond acceptors (Lipinski definition) is 6. The number of aromatic amines is 1. The van der Waals surface area contributed by atoms with Crippen molar-refractivity contribution < 1.29 is 14.3 Å². The molecule has 8 heteroatoms. The molecule has 8 nitrogen and oxygen atoms in total. The van der Waals surface area contributed by atoms with Gasteiger partial charge in [-0.05, 0) is 31.2 Å². The molecule has 0 radical (unpaired) electrons. The standard InChI is InChI=1S/C19H21N5O3/c1-3-27-18-9-8-17(23-24-18)13-4-6-14(7-5-13)19(25)20-11-15-10-16(12-26-2)22-21-15/h4-10H,3,11-12H2,1-2H3,(H,20,25)(H,21,22). The largest absolute Gasteiger partial charge is 0.477 e. The molecule has 0 spiro atoms. The summed E-state index contributed by atoms with van der Waals surface area (Å²) in [7, 11) is 1.61. The molecule has 0 aliphatic carbocycles. The Morgan fingerprint density at radius 1 is 1.15 bits per heavy atom. The number of ether oxygens (including phenoxy) is 2. The minimum atomic E-state index is -0.165. The number of carbonyl (C=O) groups excluding carboxylic acids is 1. The SMILES string of the molecule is CCOc1ccc(-c2ccc(C(=O)NCc3cc(COC)n[nH]3)cc2)nn1. The molecule has 0 atom stereocenters. The van der Waals surface area contributed by atoms with Gasteiger partial charge in [-0.3, -0.25) is 9.89 Å². The third-order valence-electron chi connectivity index (χ3n) is 3.79. The molecular formula is C19H21N5O3. The van der Waals surface area contributed by atoms with E-state index >= 15 is 0 Å². The Labute approximate surface area is 156 Å². The van der Waals surface area contributed by atoms with E-state index in [0.29, 0.717) is 36.9 Å². The predicted octanol–water partition coefficient (Wildman–Crippen LogP) is 2.34. The molecule has 0 bridgehead atoms. The fraction of sp³-hybridized carbons (Fsp3) is 0.263. The molecule has 0 unspecified atom stereocenters. The van der Waals surface area contributed by atoms with E-state index in [2.05, 4.69) is 25.7 Å². The van der Waals surface area contributed by atoms with E-state index in [-0.39, 0.29) is 5.91 Å². The highest BCUT2D eigenvalue weighted by Crippen LogP contribution is 2.18. The van der Waals surface area contributed by atoms with Gasteiger partial charge in [0.2, 0.25) is 5.88 Å². The highest BCUT2D eigenvalue weighted by molar-refractivity contribution is 5.94. The summed E-state index contributed by atoms with van der Waals surface area (Å²) < 4.78 is 10.3. The zero-order chi connectivity index (χ0) is 19.1. The lowest BCUT2D eigenvalue weighted by molar-refractivity contribution is 0.0950. The second-order valence-corrected chi connectivity index (χ2v) is 5.77. The zero-order valence-electron chi connectivity index (χ0n) is 15.2. The third-order valence-corrected chi connectivity index (χ3v) is 3.79. The van der Waals surface area contributed by atoms with Gasteiger partial charge in [0, 0.05) is 24.3 Å². The van der Waals surface area contributed by atoms with Gasteiger partial charge < -0.3 is 14.8 Å². The third kappa shape index (κ3) is 4.89. The highest BCUT2D eigenvalue weighted by atomic mass is 16.5. The average molecular weight is 367 g/mol. The molecule has 0 aliphatic heterocycles. The first-order valence-electron chi connectivity index (χ1n) is 8.57. The lowest BCUT2D eigenvalue weighted by Crippen LogP contribution is -2.22. The predicted molar refractivity (Wildman–Crippen MR) is 99.1 cm³/mol. The maximum Gasteiger partial charge on any atom is 0.251 e. The van der Waals surface area contributed by atoms with E-state index in [1.165, 1.54) is 0 Å². The first kappa shape index (κ1) is 18.5. The van der Waals surface area contributed by atoms with Crippen molar-refractivity contribution in [3.63, 3.8) is 0 Å².